The van der Waals surface area contributed by atoms with E-state index in [0.717, 1.165) is 5.69 Å². The average molecular weight is 250 g/mol. The zero-order valence-corrected chi connectivity index (χ0v) is 9.72. The molecule has 0 aliphatic rings. The molecule has 0 spiro atoms. The smallest absolute Gasteiger partial charge is 0.171 e. The first-order chi connectivity index (χ1) is 8.24. The molecule has 0 fully saturated rings. The Balaban J connectivity index is 1.85. The van der Waals surface area contributed by atoms with Crippen molar-refractivity contribution in [2.45, 2.75) is 6.54 Å². The summed E-state index contributed by atoms with van der Waals surface area (Å²) in [6.07, 6.45) is 1.67. The highest BCUT2D eigenvalue weighted by Gasteiger charge is 1.99. The standard InChI is InChI=1S/C11H11FN4S/c12-8-2-1-3-9(6-8)15-11(17)13-7-10-4-5-14-16-10/h1-6H,7H2,(H,14,16)(H2,13,15,17). The summed E-state index contributed by atoms with van der Waals surface area (Å²) >= 11 is 5.07. The number of hydrogen-bond acceptors (Lipinski definition) is 2. The van der Waals surface area contributed by atoms with Crippen LogP contribution < -0.4 is 10.6 Å². The number of nitrogens with zero attached hydrogens (tertiary/aromatic N) is 1. The fourth-order valence-electron chi connectivity index (χ4n) is 1.30. The minimum absolute atomic E-state index is 0.300. The van der Waals surface area contributed by atoms with E-state index in [1.165, 1.54) is 12.1 Å². The highest BCUT2D eigenvalue weighted by atomic mass is 32.1. The van der Waals surface area contributed by atoms with E-state index in [1.54, 1.807) is 18.3 Å². The molecule has 0 aliphatic carbocycles. The Hall–Kier alpha value is -1.95. The van der Waals surface area contributed by atoms with Gasteiger partial charge in [-0.05, 0) is 36.5 Å². The van der Waals surface area contributed by atoms with E-state index in [4.69, 9.17) is 12.2 Å². The second-order valence-corrected chi connectivity index (χ2v) is 3.81. The summed E-state index contributed by atoms with van der Waals surface area (Å²) < 4.78 is 12.9. The second kappa shape index (κ2) is 5.40. The number of rotatable bonds is 3. The molecular formula is C11H11FN4S. The van der Waals surface area contributed by atoms with E-state index in [1.807, 2.05) is 6.07 Å². The third kappa shape index (κ3) is 3.53. The van der Waals surface area contributed by atoms with Crippen LogP contribution in [0.1, 0.15) is 5.69 Å². The quantitative estimate of drug-likeness (QED) is 0.730. The molecule has 0 amide bonds. The van der Waals surface area contributed by atoms with Crippen molar-refractivity contribution in [2.24, 2.45) is 0 Å². The first-order valence-corrected chi connectivity index (χ1v) is 5.43. The van der Waals surface area contributed by atoms with Gasteiger partial charge in [0.05, 0.1) is 12.2 Å². The Morgan fingerprint density at radius 2 is 2.29 bits per heavy atom. The molecule has 0 saturated heterocycles. The highest BCUT2D eigenvalue weighted by molar-refractivity contribution is 7.80. The Kier molecular flexibility index (Phi) is 3.66. The van der Waals surface area contributed by atoms with Crippen molar-refractivity contribution in [3.05, 3.63) is 48.0 Å². The number of thiocarbonyl (C=S) groups is 1. The number of hydrogen-bond donors (Lipinski definition) is 3. The van der Waals surface area contributed by atoms with Gasteiger partial charge in [-0.25, -0.2) is 4.39 Å². The number of anilines is 1. The van der Waals surface area contributed by atoms with Crippen LogP contribution in [0.5, 0.6) is 0 Å². The predicted molar refractivity (Wildman–Crippen MR) is 68.0 cm³/mol. The zero-order valence-electron chi connectivity index (χ0n) is 8.90. The molecule has 88 valence electrons. The van der Waals surface area contributed by atoms with Gasteiger partial charge < -0.3 is 10.6 Å². The molecule has 0 unspecified atom stereocenters. The Morgan fingerprint density at radius 3 is 3.00 bits per heavy atom. The van der Waals surface area contributed by atoms with Crippen LogP contribution in [0.15, 0.2) is 36.5 Å². The monoisotopic (exact) mass is 250 g/mol. The van der Waals surface area contributed by atoms with Gasteiger partial charge in [0.25, 0.3) is 0 Å². The number of nitrogens with one attached hydrogen (secondary N) is 3. The molecule has 2 aromatic rings. The summed E-state index contributed by atoms with van der Waals surface area (Å²) in [5.41, 5.74) is 1.54. The first-order valence-electron chi connectivity index (χ1n) is 5.03. The van der Waals surface area contributed by atoms with E-state index in [9.17, 15) is 4.39 Å². The SMILES string of the molecule is Fc1cccc(NC(=S)NCc2ccn[nH]2)c1. The fourth-order valence-corrected chi connectivity index (χ4v) is 1.49. The van der Waals surface area contributed by atoms with Crippen LogP contribution in [0.2, 0.25) is 0 Å². The largest absolute Gasteiger partial charge is 0.357 e. The van der Waals surface area contributed by atoms with Crippen molar-refractivity contribution >= 4 is 23.0 Å². The van der Waals surface area contributed by atoms with Gasteiger partial charge in [0, 0.05) is 11.9 Å². The van der Waals surface area contributed by atoms with Crippen LogP contribution in [0.3, 0.4) is 0 Å². The van der Waals surface area contributed by atoms with E-state index in [-0.39, 0.29) is 5.82 Å². The number of H-pyrrole nitrogens is 1. The van der Waals surface area contributed by atoms with Gasteiger partial charge >= 0.3 is 0 Å². The molecule has 6 heteroatoms. The molecule has 1 aromatic heterocycles. The normalized spacial score (nSPS) is 9.94. The lowest BCUT2D eigenvalue weighted by atomic mass is 10.3. The lowest BCUT2D eigenvalue weighted by Gasteiger charge is -2.09. The number of aromatic amines is 1. The Bertz CT molecular complexity index is 498. The van der Waals surface area contributed by atoms with Crippen LogP contribution >= 0.6 is 12.2 Å². The van der Waals surface area contributed by atoms with Crippen molar-refractivity contribution in [3.63, 3.8) is 0 Å². The van der Waals surface area contributed by atoms with Crippen molar-refractivity contribution in [1.29, 1.82) is 0 Å². The van der Waals surface area contributed by atoms with Gasteiger partial charge in [0.15, 0.2) is 5.11 Å². The van der Waals surface area contributed by atoms with Crippen LogP contribution in [0.25, 0.3) is 0 Å². The third-order valence-electron chi connectivity index (χ3n) is 2.08. The van der Waals surface area contributed by atoms with Crippen LogP contribution in [-0.4, -0.2) is 15.3 Å². The molecule has 0 saturated carbocycles. The molecule has 0 atom stereocenters. The zero-order chi connectivity index (χ0) is 12.1. The molecule has 0 radical (unpaired) electrons. The van der Waals surface area contributed by atoms with E-state index >= 15 is 0 Å². The third-order valence-corrected chi connectivity index (χ3v) is 2.33. The summed E-state index contributed by atoms with van der Waals surface area (Å²) in [4.78, 5) is 0. The number of halogens is 1. The van der Waals surface area contributed by atoms with Gasteiger partial charge in [0.1, 0.15) is 5.82 Å². The van der Waals surface area contributed by atoms with Crippen LogP contribution in [0.4, 0.5) is 10.1 Å². The molecule has 0 aliphatic heterocycles. The van der Waals surface area contributed by atoms with Gasteiger partial charge in [-0.3, -0.25) is 5.10 Å². The molecule has 1 aromatic carbocycles. The summed E-state index contributed by atoms with van der Waals surface area (Å²) in [5, 5.41) is 12.9. The van der Waals surface area contributed by atoms with Crippen molar-refractivity contribution in [2.75, 3.05) is 5.32 Å². The van der Waals surface area contributed by atoms with Crippen molar-refractivity contribution < 1.29 is 4.39 Å². The lowest BCUT2D eigenvalue weighted by Crippen LogP contribution is -2.28. The van der Waals surface area contributed by atoms with Crippen molar-refractivity contribution in [3.8, 4) is 0 Å². The van der Waals surface area contributed by atoms with Crippen molar-refractivity contribution in [1.82, 2.24) is 15.5 Å². The molecule has 2 rings (SSSR count). The summed E-state index contributed by atoms with van der Waals surface area (Å²) in [6.45, 7) is 0.543. The van der Waals surface area contributed by atoms with E-state index in [2.05, 4.69) is 20.8 Å². The summed E-state index contributed by atoms with van der Waals surface area (Å²) in [7, 11) is 0. The lowest BCUT2D eigenvalue weighted by molar-refractivity contribution is 0.628. The molecule has 0 bridgehead atoms. The van der Waals surface area contributed by atoms with Crippen LogP contribution in [0, 0.1) is 5.82 Å². The molecule has 4 nitrogen and oxygen atoms in total. The van der Waals surface area contributed by atoms with Gasteiger partial charge in [0.2, 0.25) is 0 Å². The predicted octanol–water partition coefficient (Wildman–Crippen LogP) is 2.04. The number of benzene rings is 1. The Morgan fingerprint density at radius 1 is 1.41 bits per heavy atom. The average Bonchev–Trinajstić information content (AvgIpc) is 2.79. The molecular weight excluding hydrogens is 239 g/mol. The van der Waals surface area contributed by atoms with Gasteiger partial charge in [-0.2, -0.15) is 5.10 Å². The minimum atomic E-state index is -0.300. The summed E-state index contributed by atoms with van der Waals surface area (Å²) in [5.74, 6) is -0.300. The number of aromatic nitrogens is 2. The fraction of sp³-hybridized carbons (Fsp3) is 0.0909. The molecule has 3 N–H and O–H groups in total. The van der Waals surface area contributed by atoms with Gasteiger partial charge in [-0.1, -0.05) is 6.07 Å². The van der Waals surface area contributed by atoms with Crippen LogP contribution in [-0.2, 0) is 6.54 Å². The highest BCUT2D eigenvalue weighted by Crippen LogP contribution is 2.08. The maximum Gasteiger partial charge on any atom is 0.171 e. The maximum atomic E-state index is 12.9. The Labute approximate surface area is 103 Å². The first kappa shape index (κ1) is 11.5. The topological polar surface area (TPSA) is 52.7 Å². The minimum Gasteiger partial charge on any atom is -0.357 e. The maximum absolute atomic E-state index is 12.9. The molecule has 17 heavy (non-hydrogen) atoms. The van der Waals surface area contributed by atoms with Gasteiger partial charge in [-0.15, -0.1) is 0 Å². The molecule has 1 heterocycles. The summed E-state index contributed by atoms with van der Waals surface area (Å²) in [6, 6.07) is 7.97. The van der Waals surface area contributed by atoms with E-state index < -0.39 is 0 Å². The van der Waals surface area contributed by atoms with E-state index in [0.29, 0.717) is 17.3 Å². The second-order valence-electron chi connectivity index (χ2n) is 3.40.